The van der Waals surface area contributed by atoms with Crippen LogP contribution < -0.4 is 0 Å². The molecule has 3 nitrogen and oxygen atoms in total. The van der Waals surface area contributed by atoms with Gasteiger partial charge >= 0.3 is 33.9 Å². The van der Waals surface area contributed by atoms with E-state index in [1.807, 2.05) is 0 Å². The van der Waals surface area contributed by atoms with Gasteiger partial charge in [0.25, 0.3) is 0 Å². The first kappa shape index (κ1) is 14.2. The van der Waals surface area contributed by atoms with Crippen LogP contribution in [0.25, 0.3) is 0 Å². The van der Waals surface area contributed by atoms with Crippen LogP contribution in [0.2, 0.25) is 0 Å². The molecule has 0 aromatic heterocycles. The summed E-state index contributed by atoms with van der Waals surface area (Å²) in [5.74, 6) is 0. The van der Waals surface area contributed by atoms with E-state index in [0.717, 1.165) is 0 Å². The van der Waals surface area contributed by atoms with E-state index in [-0.39, 0.29) is 0 Å². The van der Waals surface area contributed by atoms with Gasteiger partial charge in [0.05, 0.1) is 0 Å². The Kier molecular flexibility index (Phi) is 4.10. The highest BCUT2D eigenvalue weighted by Gasteiger charge is 2.50. The van der Waals surface area contributed by atoms with E-state index >= 15 is 0 Å². The van der Waals surface area contributed by atoms with Crippen molar-refractivity contribution in [3.63, 3.8) is 0 Å². The Morgan fingerprint density at radius 2 is 1.40 bits per heavy atom. The molecule has 0 unspecified atom stereocenters. The maximum Gasteiger partial charge on any atom is 0.440 e. The van der Waals surface area contributed by atoms with Gasteiger partial charge in [-0.05, 0) is 0 Å². The lowest BCUT2D eigenvalue weighted by Crippen LogP contribution is -2.28. The molecule has 0 fully saturated rings. The maximum absolute atomic E-state index is 11.9. The van der Waals surface area contributed by atoms with E-state index in [4.69, 9.17) is 0 Å². The molecule has 89 valence electrons. The van der Waals surface area contributed by atoms with Crippen LogP contribution in [0.1, 0.15) is 0 Å². The van der Waals surface area contributed by atoms with Crippen LogP contribution in [0.5, 0.6) is 0 Å². The summed E-state index contributed by atoms with van der Waals surface area (Å²) in [5.41, 5.74) is 0. The second kappa shape index (κ2) is 4.35. The van der Waals surface area contributed by atoms with Crippen molar-refractivity contribution in [3.8, 4) is 0 Å². The fourth-order valence-electron chi connectivity index (χ4n) is 0.300. The molecule has 0 N–H and O–H groups in total. The van der Waals surface area contributed by atoms with Gasteiger partial charge < -0.3 is 0 Å². The molecule has 0 saturated heterocycles. The Hall–Kier alpha value is -0.840. The smallest absolute Gasteiger partial charge is 0.191 e. The monoisotopic (exact) mass is 261 g/mol. The largest absolute Gasteiger partial charge is 0.440 e. The van der Waals surface area contributed by atoms with Crippen LogP contribution in [-0.2, 0) is 14.3 Å². The predicted octanol–water partition coefficient (Wildman–Crippen LogP) is 2.39. The molecule has 0 amide bonds. The first-order chi connectivity index (χ1) is 6.50. The van der Waals surface area contributed by atoms with Gasteiger partial charge in [0.15, 0.2) is 0 Å². The number of rotatable bonds is 4. The second-order valence-electron chi connectivity index (χ2n) is 1.85. The van der Waals surface area contributed by atoms with Gasteiger partial charge in [-0.25, -0.2) is 0 Å². The van der Waals surface area contributed by atoms with Crippen molar-refractivity contribution in [1.82, 2.24) is 0 Å². The van der Waals surface area contributed by atoms with Crippen molar-refractivity contribution in [2.24, 2.45) is 0 Å². The van der Waals surface area contributed by atoms with Gasteiger partial charge in [0.1, 0.15) is 0 Å². The predicted molar refractivity (Wildman–Crippen MR) is 30.8 cm³/mol. The molecule has 0 rings (SSSR count). The zero-order valence-electron chi connectivity index (χ0n) is 6.28. The van der Waals surface area contributed by atoms with Gasteiger partial charge in [-0.2, -0.15) is 43.3 Å². The quantitative estimate of drug-likeness (QED) is 0.576. The molecule has 0 saturated carbocycles. The van der Waals surface area contributed by atoms with Crippen LogP contribution in [0.3, 0.4) is 0 Å². The summed E-state index contributed by atoms with van der Waals surface area (Å²) in [4.78, 5) is 0. The molecule has 0 aromatic carbocycles. The van der Waals surface area contributed by atoms with Gasteiger partial charge in [0, 0.05) is 0 Å². The number of hydrogen-bond donors (Lipinski definition) is 0. The van der Waals surface area contributed by atoms with E-state index < -0.39 is 33.9 Å². The molecule has 0 aliphatic carbocycles. The Bertz CT molecular complexity index is 354. The average Bonchev–Trinajstić information content (AvgIpc) is 2.00. The summed E-state index contributed by atoms with van der Waals surface area (Å²) >= 11 is 0. The normalized spacial score (nSPS) is 13.1. The minimum absolute atomic E-state index is 2.25. The van der Waals surface area contributed by atoms with Crippen molar-refractivity contribution in [1.29, 1.82) is 0 Å². The van der Waals surface area contributed by atoms with Crippen molar-refractivity contribution < 1.29 is 43.3 Å². The zero-order valence-corrected chi connectivity index (χ0v) is 7.10. The molecule has 0 bridgehead atoms. The highest BCUT2D eigenvalue weighted by molar-refractivity contribution is 7.90. The molecule has 1 radical (unpaired) electrons. The molecule has 0 aliphatic heterocycles. The minimum atomic E-state index is -6.25. The lowest BCUT2D eigenvalue weighted by molar-refractivity contribution is -0.202. The number of hydrogen-bond acceptors (Lipinski definition) is 3. The van der Waals surface area contributed by atoms with E-state index in [2.05, 4.69) is 4.18 Å². The third kappa shape index (κ3) is 3.66. The summed E-state index contributed by atoms with van der Waals surface area (Å²) in [6.07, 6.45) is -13.0. The molecule has 11 heteroatoms. The summed E-state index contributed by atoms with van der Waals surface area (Å²) in [6, 6.07) is 0. The molecular formula is C4F7O3S. The molecule has 0 spiro atoms. The van der Waals surface area contributed by atoms with Gasteiger partial charge in [-0.1, -0.05) is 0 Å². The Morgan fingerprint density at radius 1 is 1.00 bits per heavy atom. The third-order valence-electron chi connectivity index (χ3n) is 0.802. The third-order valence-corrected chi connectivity index (χ3v) is 1.82. The molecule has 0 atom stereocenters. The number of alkyl halides is 2. The second-order valence-corrected chi connectivity index (χ2v) is 3.28. The van der Waals surface area contributed by atoms with Gasteiger partial charge in [-0.15, -0.1) is 0 Å². The van der Waals surface area contributed by atoms with E-state index in [1.54, 1.807) is 0 Å². The lowest BCUT2D eigenvalue weighted by Gasteiger charge is -2.12. The first-order valence-electron chi connectivity index (χ1n) is 2.73. The van der Waals surface area contributed by atoms with E-state index in [1.165, 1.54) is 0 Å². The summed E-state index contributed by atoms with van der Waals surface area (Å²) in [7, 11) is -6.25. The molecular weight excluding hydrogens is 261 g/mol. The lowest BCUT2D eigenvalue weighted by atomic mass is 10.7. The van der Waals surface area contributed by atoms with Gasteiger partial charge in [0.2, 0.25) is 0 Å². The molecule has 15 heavy (non-hydrogen) atoms. The van der Waals surface area contributed by atoms with Crippen molar-refractivity contribution in [3.05, 3.63) is 17.7 Å². The maximum atomic E-state index is 11.9. The zero-order chi connectivity index (χ0) is 12.4. The highest BCUT2D eigenvalue weighted by atomic mass is 32.2. The van der Waals surface area contributed by atoms with Crippen LogP contribution in [0, 0.1) is 6.43 Å². The standard InChI is InChI=1S/C4F7O3S/c5-1(6)2(7)15(12,13)14-4(10,11)3(8)9. The minimum Gasteiger partial charge on any atom is -0.191 e. The number of halogens is 7. The Labute approximate surface area is 78.3 Å². The van der Waals surface area contributed by atoms with Crippen molar-refractivity contribution in [2.75, 3.05) is 0 Å². The Balaban J connectivity index is 5.07. The molecule has 0 aromatic rings. The van der Waals surface area contributed by atoms with Crippen LogP contribution in [0.4, 0.5) is 30.7 Å². The topological polar surface area (TPSA) is 43.4 Å². The van der Waals surface area contributed by atoms with E-state index in [9.17, 15) is 39.2 Å². The average molecular weight is 261 g/mol. The SMILES string of the molecule is O=S(=O)(OC(F)(F)[C](F)F)C(F)=C(F)F. The summed E-state index contributed by atoms with van der Waals surface area (Å²) in [5, 5.41) is -3.36. The highest BCUT2D eigenvalue weighted by Crippen LogP contribution is 2.34. The summed E-state index contributed by atoms with van der Waals surface area (Å²) in [6.45, 7) is 0. The van der Waals surface area contributed by atoms with Gasteiger partial charge in [-0.3, -0.25) is 0 Å². The van der Waals surface area contributed by atoms with Crippen LogP contribution in [0.15, 0.2) is 11.2 Å². The van der Waals surface area contributed by atoms with E-state index in [0.29, 0.717) is 0 Å². The summed E-state index contributed by atoms with van der Waals surface area (Å²) < 4.78 is 103. The van der Waals surface area contributed by atoms with Crippen LogP contribution in [-0.4, -0.2) is 14.5 Å². The van der Waals surface area contributed by atoms with Crippen LogP contribution >= 0.6 is 0 Å². The fourth-order valence-corrected chi connectivity index (χ4v) is 0.901. The fraction of sp³-hybridized carbons (Fsp3) is 0.250. The molecule has 0 heterocycles. The van der Waals surface area contributed by atoms with Crippen molar-refractivity contribution >= 4 is 10.1 Å². The van der Waals surface area contributed by atoms with Crippen molar-refractivity contribution in [2.45, 2.75) is 6.11 Å². The first-order valence-corrected chi connectivity index (χ1v) is 4.14. The Morgan fingerprint density at radius 3 is 1.67 bits per heavy atom. The molecule has 0 aliphatic rings.